The molecular weight excluding hydrogens is 420 g/mol. The first kappa shape index (κ1) is 29.8. The minimum atomic E-state index is -1.26. The number of esters is 4. The van der Waals surface area contributed by atoms with Crippen LogP contribution < -0.4 is 11.5 Å². The molecule has 10 nitrogen and oxygen atoms in total. The van der Waals surface area contributed by atoms with Gasteiger partial charge in [0.05, 0.1) is 26.4 Å². The molecule has 0 atom stereocenters. The Morgan fingerprint density at radius 3 is 0.844 bits per heavy atom. The lowest BCUT2D eigenvalue weighted by Crippen LogP contribution is -2.66. The van der Waals surface area contributed by atoms with Crippen molar-refractivity contribution >= 4 is 23.9 Å². The van der Waals surface area contributed by atoms with Gasteiger partial charge in [0.2, 0.25) is 0 Å². The van der Waals surface area contributed by atoms with E-state index in [-0.39, 0.29) is 77.8 Å². The van der Waals surface area contributed by atoms with Crippen molar-refractivity contribution in [2.75, 3.05) is 26.4 Å². The predicted octanol–water partition coefficient (Wildman–Crippen LogP) is 1.75. The van der Waals surface area contributed by atoms with Crippen molar-refractivity contribution in [3.05, 3.63) is 0 Å². The monoisotopic (exact) mass is 460 g/mol. The van der Waals surface area contributed by atoms with Crippen molar-refractivity contribution in [3.63, 3.8) is 0 Å². The molecule has 10 heteroatoms. The number of ether oxygens (including phenoxy) is 4. The average molecular weight is 461 g/mol. The quantitative estimate of drug-likeness (QED) is 0.242. The van der Waals surface area contributed by atoms with Gasteiger partial charge < -0.3 is 30.4 Å². The van der Waals surface area contributed by atoms with E-state index < -0.39 is 35.0 Å². The van der Waals surface area contributed by atoms with Gasteiger partial charge in [-0.3, -0.25) is 19.2 Å². The lowest BCUT2D eigenvalue weighted by Gasteiger charge is -2.46. The van der Waals surface area contributed by atoms with E-state index >= 15 is 0 Å². The van der Waals surface area contributed by atoms with E-state index in [4.69, 9.17) is 30.4 Å². The van der Waals surface area contributed by atoms with Gasteiger partial charge in [-0.15, -0.1) is 0 Å². The molecule has 0 aromatic rings. The van der Waals surface area contributed by atoms with E-state index in [1.54, 1.807) is 27.7 Å². The molecule has 4 N–H and O–H groups in total. The van der Waals surface area contributed by atoms with Crippen molar-refractivity contribution in [1.82, 2.24) is 0 Å². The number of rotatable bonds is 17. The summed E-state index contributed by atoms with van der Waals surface area (Å²) in [6, 6.07) is 0. The molecular formula is C22H40N2O8. The van der Waals surface area contributed by atoms with Crippen LogP contribution >= 0.6 is 0 Å². The fraction of sp³-hybridized carbons (Fsp3) is 0.818. The molecule has 0 aliphatic rings. The van der Waals surface area contributed by atoms with E-state index in [0.717, 1.165) is 0 Å². The van der Waals surface area contributed by atoms with Crippen LogP contribution in [-0.4, -0.2) is 61.4 Å². The molecule has 0 aliphatic heterocycles. The van der Waals surface area contributed by atoms with Crippen molar-refractivity contribution < 1.29 is 38.1 Å². The number of carbonyl (C=O) groups is 4. The Hall–Kier alpha value is -2.20. The lowest BCUT2D eigenvalue weighted by atomic mass is 9.67. The van der Waals surface area contributed by atoms with Crippen LogP contribution in [0, 0.1) is 0 Å². The third-order valence-electron chi connectivity index (χ3n) is 5.31. The summed E-state index contributed by atoms with van der Waals surface area (Å²) in [4.78, 5) is 48.0. The Labute approximate surface area is 190 Å². The Balaban J connectivity index is 5.77. The standard InChI is InChI=1S/C22H40N2O8/c1-5-29-17(25)9-13-21(23,14-10-18(26)30-6-2)22(24,15-11-19(27)31-7-3)16-12-20(28)32-8-4/h5-16,23-24H2,1-4H3. The van der Waals surface area contributed by atoms with Crippen LogP contribution in [0.1, 0.15) is 79.1 Å². The third kappa shape index (κ3) is 10.9. The summed E-state index contributed by atoms with van der Waals surface area (Å²) in [7, 11) is 0. The molecule has 0 rings (SSSR count). The first-order valence-corrected chi connectivity index (χ1v) is 11.3. The van der Waals surface area contributed by atoms with Crippen LogP contribution in [0.5, 0.6) is 0 Å². The molecule has 0 saturated carbocycles. The van der Waals surface area contributed by atoms with Gasteiger partial charge in [-0.1, -0.05) is 0 Å². The molecule has 0 heterocycles. The number of carbonyl (C=O) groups excluding carboxylic acids is 4. The van der Waals surface area contributed by atoms with Gasteiger partial charge in [0.15, 0.2) is 0 Å². The van der Waals surface area contributed by atoms with Crippen LogP contribution in [-0.2, 0) is 38.1 Å². The van der Waals surface area contributed by atoms with E-state index in [1.807, 2.05) is 0 Å². The molecule has 0 bridgehead atoms. The number of hydrogen-bond donors (Lipinski definition) is 2. The Kier molecular flexibility index (Phi) is 14.5. The normalized spacial score (nSPS) is 11.6. The Morgan fingerprint density at radius 2 is 0.688 bits per heavy atom. The predicted molar refractivity (Wildman–Crippen MR) is 117 cm³/mol. The molecule has 0 fully saturated rings. The number of nitrogens with two attached hydrogens (primary N) is 2. The molecule has 186 valence electrons. The smallest absolute Gasteiger partial charge is 0.305 e. The Morgan fingerprint density at radius 1 is 0.500 bits per heavy atom. The highest BCUT2D eigenvalue weighted by molar-refractivity contribution is 5.71. The van der Waals surface area contributed by atoms with Crippen LogP contribution in [0.25, 0.3) is 0 Å². The van der Waals surface area contributed by atoms with Gasteiger partial charge in [0.25, 0.3) is 0 Å². The van der Waals surface area contributed by atoms with E-state index in [0.29, 0.717) is 0 Å². The SMILES string of the molecule is CCOC(=O)CCC(N)(CCC(=O)OCC)C(N)(CCC(=O)OCC)CCC(=O)OCC. The van der Waals surface area contributed by atoms with E-state index in [9.17, 15) is 19.2 Å². The maximum absolute atomic E-state index is 12.0. The van der Waals surface area contributed by atoms with Gasteiger partial charge in [0, 0.05) is 36.8 Å². The maximum atomic E-state index is 12.0. The molecule has 0 spiro atoms. The summed E-state index contributed by atoms with van der Waals surface area (Å²) in [6.45, 7) is 7.66. The molecule has 32 heavy (non-hydrogen) atoms. The second kappa shape index (κ2) is 15.6. The van der Waals surface area contributed by atoms with Crippen molar-refractivity contribution in [1.29, 1.82) is 0 Å². The highest BCUT2D eigenvalue weighted by Crippen LogP contribution is 2.35. The molecule has 0 aliphatic carbocycles. The highest BCUT2D eigenvalue weighted by Gasteiger charge is 2.46. The first-order valence-electron chi connectivity index (χ1n) is 11.3. The fourth-order valence-electron chi connectivity index (χ4n) is 3.48. The summed E-state index contributed by atoms with van der Waals surface area (Å²) in [5.41, 5.74) is 11.0. The molecule has 0 unspecified atom stereocenters. The summed E-state index contributed by atoms with van der Waals surface area (Å²) in [6.07, 6.45) is 0.327. The zero-order chi connectivity index (χ0) is 24.6. The zero-order valence-electron chi connectivity index (χ0n) is 19.9. The summed E-state index contributed by atoms with van der Waals surface area (Å²) in [5, 5.41) is 0. The Bertz CT molecular complexity index is 513. The van der Waals surface area contributed by atoms with Crippen molar-refractivity contribution in [2.45, 2.75) is 90.1 Å². The van der Waals surface area contributed by atoms with Crippen molar-refractivity contribution in [3.8, 4) is 0 Å². The summed E-state index contributed by atoms with van der Waals surface area (Å²) in [5.74, 6) is -1.79. The fourth-order valence-corrected chi connectivity index (χ4v) is 3.48. The molecule has 0 saturated heterocycles. The van der Waals surface area contributed by atoms with Crippen molar-refractivity contribution in [2.24, 2.45) is 11.5 Å². The maximum Gasteiger partial charge on any atom is 0.305 e. The second-order valence-electron chi connectivity index (χ2n) is 7.53. The van der Waals surface area contributed by atoms with Gasteiger partial charge in [-0.05, 0) is 53.4 Å². The highest BCUT2D eigenvalue weighted by atomic mass is 16.5. The second-order valence-corrected chi connectivity index (χ2v) is 7.53. The molecule has 0 radical (unpaired) electrons. The first-order chi connectivity index (χ1) is 15.1. The number of hydrogen-bond acceptors (Lipinski definition) is 10. The van der Waals surface area contributed by atoms with Gasteiger partial charge >= 0.3 is 23.9 Å². The van der Waals surface area contributed by atoms with Gasteiger partial charge in [-0.25, -0.2) is 0 Å². The van der Waals surface area contributed by atoms with Crippen LogP contribution in [0.4, 0.5) is 0 Å². The van der Waals surface area contributed by atoms with E-state index in [1.165, 1.54) is 0 Å². The topological polar surface area (TPSA) is 157 Å². The minimum Gasteiger partial charge on any atom is -0.466 e. The minimum absolute atomic E-state index is 0.0229. The summed E-state index contributed by atoms with van der Waals surface area (Å²) >= 11 is 0. The largest absolute Gasteiger partial charge is 0.466 e. The average Bonchev–Trinajstić information content (AvgIpc) is 2.74. The molecule has 0 aromatic carbocycles. The van der Waals surface area contributed by atoms with Crippen LogP contribution in [0.15, 0.2) is 0 Å². The molecule has 0 amide bonds. The van der Waals surface area contributed by atoms with Gasteiger partial charge in [-0.2, -0.15) is 0 Å². The summed E-state index contributed by atoms with van der Waals surface area (Å²) < 4.78 is 20.0. The molecule has 0 aromatic heterocycles. The zero-order valence-corrected chi connectivity index (χ0v) is 19.9. The lowest BCUT2D eigenvalue weighted by molar-refractivity contribution is -0.147. The van der Waals surface area contributed by atoms with Crippen LogP contribution in [0.2, 0.25) is 0 Å². The van der Waals surface area contributed by atoms with Gasteiger partial charge in [0.1, 0.15) is 0 Å². The van der Waals surface area contributed by atoms with Crippen LogP contribution in [0.3, 0.4) is 0 Å². The third-order valence-corrected chi connectivity index (χ3v) is 5.31. The van der Waals surface area contributed by atoms with E-state index in [2.05, 4.69) is 0 Å².